The van der Waals surface area contributed by atoms with Crippen LogP contribution in [0.15, 0.2) is 24.3 Å². The second kappa shape index (κ2) is 6.50. The first-order valence-electron chi connectivity index (χ1n) is 9.23. The Bertz CT molecular complexity index is 352. The van der Waals surface area contributed by atoms with Gasteiger partial charge in [0.15, 0.2) is 0 Å². The highest BCUT2D eigenvalue weighted by atomic mass is 14.5. The molecule has 3 rings (SSSR count). The van der Waals surface area contributed by atoms with E-state index >= 15 is 0 Å². The molecular weight excluding hydrogens is 240 g/mol. The average molecular weight is 272 g/mol. The second-order valence-corrected chi connectivity index (χ2v) is 7.47. The SMILES string of the molecule is CCC1(C2CCCCC2)C=CC=CC1C1CCCCC1. The third kappa shape index (κ3) is 2.63. The van der Waals surface area contributed by atoms with Crippen LogP contribution < -0.4 is 0 Å². The zero-order valence-electron chi connectivity index (χ0n) is 13.3. The van der Waals surface area contributed by atoms with Crippen LogP contribution in [0.2, 0.25) is 0 Å². The van der Waals surface area contributed by atoms with Gasteiger partial charge in [0.1, 0.15) is 0 Å². The van der Waals surface area contributed by atoms with Crippen LogP contribution in [0, 0.1) is 23.2 Å². The predicted octanol–water partition coefficient (Wildman–Crippen LogP) is 6.29. The summed E-state index contributed by atoms with van der Waals surface area (Å²) in [6.07, 6.45) is 26.0. The fourth-order valence-corrected chi connectivity index (χ4v) is 5.49. The summed E-state index contributed by atoms with van der Waals surface area (Å²) >= 11 is 0. The standard InChI is InChI=1S/C20H32/c1-2-20(18-13-7-4-8-14-18)16-10-9-15-19(20)17-11-5-3-6-12-17/h9-10,15-19H,2-8,11-14H2,1H3. The molecule has 0 heteroatoms. The van der Waals surface area contributed by atoms with E-state index in [0.29, 0.717) is 5.41 Å². The van der Waals surface area contributed by atoms with Crippen LogP contribution in [0.3, 0.4) is 0 Å². The minimum atomic E-state index is 0.497. The number of hydrogen-bond donors (Lipinski definition) is 0. The lowest BCUT2D eigenvalue weighted by atomic mass is 9.55. The van der Waals surface area contributed by atoms with Gasteiger partial charge in [0.2, 0.25) is 0 Å². The van der Waals surface area contributed by atoms with Crippen molar-refractivity contribution in [1.29, 1.82) is 0 Å². The van der Waals surface area contributed by atoms with Gasteiger partial charge in [-0.3, -0.25) is 0 Å². The highest BCUT2D eigenvalue weighted by molar-refractivity contribution is 5.22. The van der Waals surface area contributed by atoms with E-state index < -0.39 is 0 Å². The van der Waals surface area contributed by atoms with E-state index in [1.807, 2.05) is 0 Å². The fraction of sp³-hybridized carbons (Fsp3) is 0.800. The summed E-state index contributed by atoms with van der Waals surface area (Å²) < 4.78 is 0. The lowest BCUT2D eigenvalue weighted by Gasteiger charge is -2.49. The molecule has 0 saturated heterocycles. The molecular formula is C20H32. The van der Waals surface area contributed by atoms with Gasteiger partial charge in [0.05, 0.1) is 0 Å². The van der Waals surface area contributed by atoms with E-state index in [1.165, 1.54) is 70.6 Å². The lowest BCUT2D eigenvalue weighted by Crippen LogP contribution is -2.41. The molecule has 0 spiro atoms. The van der Waals surface area contributed by atoms with Crippen LogP contribution in [-0.2, 0) is 0 Å². The molecule has 0 amide bonds. The molecule has 20 heavy (non-hydrogen) atoms. The summed E-state index contributed by atoms with van der Waals surface area (Å²) in [7, 11) is 0. The van der Waals surface area contributed by atoms with Crippen molar-refractivity contribution in [2.75, 3.05) is 0 Å². The molecule has 2 unspecified atom stereocenters. The Morgan fingerprint density at radius 1 is 0.850 bits per heavy atom. The van der Waals surface area contributed by atoms with Crippen molar-refractivity contribution in [1.82, 2.24) is 0 Å². The Morgan fingerprint density at radius 2 is 1.50 bits per heavy atom. The van der Waals surface area contributed by atoms with E-state index in [4.69, 9.17) is 0 Å². The maximum Gasteiger partial charge on any atom is -0.00240 e. The van der Waals surface area contributed by atoms with Gasteiger partial charge in [0, 0.05) is 0 Å². The van der Waals surface area contributed by atoms with Gasteiger partial charge >= 0.3 is 0 Å². The highest BCUT2D eigenvalue weighted by Gasteiger charge is 2.44. The third-order valence-corrected chi connectivity index (χ3v) is 6.59. The normalized spacial score (nSPS) is 36.4. The number of allylic oxidation sites excluding steroid dienone is 4. The van der Waals surface area contributed by atoms with E-state index in [-0.39, 0.29) is 0 Å². The first kappa shape index (κ1) is 14.4. The maximum atomic E-state index is 2.63. The van der Waals surface area contributed by atoms with Crippen molar-refractivity contribution in [2.45, 2.75) is 77.6 Å². The minimum Gasteiger partial charge on any atom is -0.0803 e. The van der Waals surface area contributed by atoms with Crippen molar-refractivity contribution in [3.8, 4) is 0 Å². The predicted molar refractivity (Wildman–Crippen MR) is 87.6 cm³/mol. The molecule has 0 N–H and O–H groups in total. The smallest absolute Gasteiger partial charge is 0.00240 e. The number of hydrogen-bond acceptors (Lipinski definition) is 0. The molecule has 0 heterocycles. The first-order valence-corrected chi connectivity index (χ1v) is 9.23. The lowest BCUT2D eigenvalue weighted by molar-refractivity contribution is 0.0645. The van der Waals surface area contributed by atoms with Gasteiger partial charge in [-0.1, -0.05) is 69.8 Å². The summed E-state index contributed by atoms with van der Waals surface area (Å²) in [5, 5.41) is 0. The van der Waals surface area contributed by atoms with Crippen LogP contribution in [0.25, 0.3) is 0 Å². The molecule has 0 aliphatic heterocycles. The van der Waals surface area contributed by atoms with Gasteiger partial charge in [-0.2, -0.15) is 0 Å². The maximum absolute atomic E-state index is 2.63. The minimum absolute atomic E-state index is 0.497. The average Bonchev–Trinajstić information content (AvgIpc) is 2.56. The summed E-state index contributed by atoms with van der Waals surface area (Å²) in [5.74, 6) is 2.75. The van der Waals surface area contributed by atoms with Crippen LogP contribution in [0.4, 0.5) is 0 Å². The fourth-order valence-electron chi connectivity index (χ4n) is 5.49. The molecule has 0 aromatic rings. The summed E-state index contributed by atoms with van der Waals surface area (Å²) in [5.41, 5.74) is 0.497. The monoisotopic (exact) mass is 272 g/mol. The van der Waals surface area contributed by atoms with Gasteiger partial charge in [0.25, 0.3) is 0 Å². The van der Waals surface area contributed by atoms with E-state index in [2.05, 4.69) is 31.2 Å². The van der Waals surface area contributed by atoms with Crippen LogP contribution in [0.5, 0.6) is 0 Å². The molecule has 0 aromatic heterocycles. The van der Waals surface area contributed by atoms with Crippen LogP contribution >= 0.6 is 0 Å². The zero-order valence-corrected chi connectivity index (χ0v) is 13.3. The van der Waals surface area contributed by atoms with Crippen molar-refractivity contribution < 1.29 is 0 Å². The van der Waals surface area contributed by atoms with Crippen molar-refractivity contribution in [3.05, 3.63) is 24.3 Å². The topological polar surface area (TPSA) is 0 Å². The van der Waals surface area contributed by atoms with Crippen molar-refractivity contribution >= 4 is 0 Å². The molecule has 112 valence electrons. The third-order valence-electron chi connectivity index (χ3n) is 6.59. The first-order chi connectivity index (χ1) is 9.87. The Hall–Kier alpha value is -0.520. The molecule has 0 aromatic carbocycles. The van der Waals surface area contributed by atoms with Crippen molar-refractivity contribution in [3.63, 3.8) is 0 Å². The Morgan fingerprint density at radius 3 is 2.15 bits per heavy atom. The molecule has 2 saturated carbocycles. The Kier molecular flexibility index (Phi) is 4.68. The second-order valence-electron chi connectivity index (χ2n) is 7.47. The molecule has 3 aliphatic carbocycles. The van der Waals surface area contributed by atoms with Gasteiger partial charge in [-0.05, 0) is 55.3 Å². The number of rotatable bonds is 3. The van der Waals surface area contributed by atoms with E-state index in [0.717, 1.165) is 17.8 Å². The van der Waals surface area contributed by atoms with Crippen LogP contribution in [-0.4, -0.2) is 0 Å². The quantitative estimate of drug-likeness (QED) is 0.566. The molecule has 0 nitrogen and oxygen atoms in total. The van der Waals surface area contributed by atoms with E-state index in [9.17, 15) is 0 Å². The van der Waals surface area contributed by atoms with Crippen molar-refractivity contribution in [2.24, 2.45) is 23.2 Å². The largest absolute Gasteiger partial charge is 0.0803 e. The van der Waals surface area contributed by atoms with E-state index in [1.54, 1.807) is 0 Å². The Labute approximate surface area is 125 Å². The Balaban J connectivity index is 1.84. The molecule has 3 aliphatic rings. The summed E-state index contributed by atoms with van der Waals surface area (Å²) in [6.45, 7) is 2.45. The van der Waals surface area contributed by atoms with Gasteiger partial charge in [-0.25, -0.2) is 0 Å². The molecule has 0 bridgehead atoms. The van der Waals surface area contributed by atoms with Gasteiger partial charge < -0.3 is 0 Å². The summed E-state index contributed by atoms with van der Waals surface area (Å²) in [6, 6.07) is 0. The molecule has 2 atom stereocenters. The summed E-state index contributed by atoms with van der Waals surface area (Å²) in [4.78, 5) is 0. The molecule has 2 fully saturated rings. The molecule has 0 radical (unpaired) electrons. The van der Waals surface area contributed by atoms with Crippen LogP contribution in [0.1, 0.15) is 77.6 Å². The van der Waals surface area contributed by atoms with Gasteiger partial charge in [-0.15, -0.1) is 0 Å². The highest BCUT2D eigenvalue weighted by Crippen LogP contribution is 2.53. The zero-order chi connectivity index (χ0) is 13.8.